The molecule has 3 rings (SSSR count). The van der Waals surface area contributed by atoms with Crippen molar-refractivity contribution in [2.75, 3.05) is 13.2 Å². The summed E-state index contributed by atoms with van der Waals surface area (Å²) >= 11 is 0. The number of carbonyl (C=O) groups is 1. The molecule has 0 spiro atoms. The molecule has 5 nitrogen and oxygen atoms in total. The highest BCUT2D eigenvalue weighted by Gasteiger charge is 2.22. The van der Waals surface area contributed by atoms with E-state index < -0.39 is 6.10 Å². The molecule has 0 saturated heterocycles. The Morgan fingerprint density at radius 1 is 1.12 bits per heavy atom. The first-order valence-electron chi connectivity index (χ1n) is 9.00. The van der Waals surface area contributed by atoms with Crippen LogP contribution >= 0.6 is 0 Å². The fourth-order valence-electron chi connectivity index (χ4n) is 2.82. The number of ether oxygens (including phenoxy) is 3. The van der Waals surface area contributed by atoms with Gasteiger partial charge in [0, 0.05) is 0 Å². The normalized spacial score (nSPS) is 15.0. The highest BCUT2D eigenvalue weighted by atomic mass is 16.6. The van der Waals surface area contributed by atoms with E-state index in [0.29, 0.717) is 25.4 Å². The van der Waals surface area contributed by atoms with Gasteiger partial charge in [-0.1, -0.05) is 30.7 Å². The third-order valence-electron chi connectivity index (χ3n) is 4.39. The van der Waals surface area contributed by atoms with Crippen molar-refractivity contribution in [1.82, 2.24) is 5.32 Å². The van der Waals surface area contributed by atoms with E-state index in [1.165, 1.54) is 0 Å². The Hall–Kier alpha value is -2.69. The molecule has 0 radical (unpaired) electrons. The van der Waals surface area contributed by atoms with Crippen molar-refractivity contribution in [3.63, 3.8) is 0 Å². The maximum Gasteiger partial charge on any atom is 0.261 e. The summed E-state index contributed by atoms with van der Waals surface area (Å²) in [5.74, 6) is 2.03. The minimum Gasteiger partial charge on any atom is -0.486 e. The Kier molecular flexibility index (Phi) is 5.66. The molecule has 0 bridgehead atoms. The van der Waals surface area contributed by atoms with Crippen molar-refractivity contribution in [3.05, 3.63) is 53.6 Å². The van der Waals surface area contributed by atoms with Gasteiger partial charge in [0.2, 0.25) is 0 Å². The molecule has 1 aliphatic heterocycles. The first kappa shape index (κ1) is 18.1. The summed E-state index contributed by atoms with van der Waals surface area (Å²) in [5.41, 5.74) is 2.12. The number of amides is 1. The van der Waals surface area contributed by atoms with Crippen molar-refractivity contribution < 1.29 is 19.0 Å². The van der Waals surface area contributed by atoms with Crippen LogP contribution in [-0.4, -0.2) is 25.2 Å². The molecule has 138 valence electrons. The van der Waals surface area contributed by atoms with Gasteiger partial charge in [0.25, 0.3) is 5.91 Å². The molecule has 2 aromatic rings. The average molecular weight is 355 g/mol. The van der Waals surface area contributed by atoms with Crippen LogP contribution < -0.4 is 19.5 Å². The predicted octanol–water partition coefficient (Wildman–Crippen LogP) is 3.80. The average Bonchev–Trinajstić information content (AvgIpc) is 2.67. The molecule has 2 atom stereocenters. The highest BCUT2D eigenvalue weighted by Crippen LogP contribution is 2.32. The van der Waals surface area contributed by atoms with Gasteiger partial charge in [-0.2, -0.15) is 0 Å². The monoisotopic (exact) mass is 355 g/mol. The van der Waals surface area contributed by atoms with E-state index in [9.17, 15) is 4.79 Å². The lowest BCUT2D eigenvalue weighted by Crippen LogP contribution is -2.39. The molecule has 0 unspecified atom stereocenters. The van der Waals surface area contributed by atoms with Gasteiger partial charge in [-0.05, 0) is 50.1 Å². The minimum atomic E-state index is -0.530. The summed E-state index contributed by atoms with van der Waals surface area (Å²) in [6.07, 6.45) is 0.0606. The zero-order valence-corrected chi connectivity index (χ0v) is 15.5. The van der Waals surface area contributed by atoms with Crippen LogP contribution in [0.15, 0.2) is 42.5 Å². The molecule has 0 aromatic heterocycles. The summed E-state index contributed by atoms with van der Waals surface area (Å²) in [4.78, 5) is 12.6. The van der Waals surface area contributed by atoms with E-state index in [4.69, 9.17) is 14.2 Å². The number of rotatable bonds is 6. The standard InChI is InChI=1S/C21H25NO4/c1-4-18(26-17-8-5-14(2)6-9-17)21(23)22-15(3)16-7-10-19-20(13-16)25-12-11-24-19/h5-10,13,15,18H,4,11-12H2,1-3H3,(H,22,23)/t15-,18-/m1/s1. The SMILES string of the molecule is CC[C@@H](Oc1ccc(C)cc1)C(=O)N[C@H](C)c1ccc2c(c1)OCCO2. The van der Waals surface area contributed by atoms with Gasteiger partial charge in [0.05, 0.1) is 6.04 Å². The molecule has 1 amide bonds. The second-order valence-electron chi connectivity index (χ2n) is 6.46. The molecule has 1 heterocycles. The molecular weight excluding hydrogens is 330 g/mol. The lowest BCUT2D eigenvalue weighted by molar-refractivity contribution is -0.128. The largest absolute Gasteiger partial charge is 0.486 e. The molecule has 26 heavy (non-hydrogen) atoms. The Morgan fingerprint density at radius 3 is 2.50 bits per heavy atom. The van der Waals surface area contributed by atoms with E-state index >= 15 is 0 Å². The number of fused-ring (bicyclic) bond motifs is 1. The number of hydrogen-bond acceptors (Lipinski definition) is 4. The number of carbonyl (C=O) groups excluding carboxylic acids is 1. The molecule has 5 heteroatoms. The minimum absolute atomic E-state index is 0.129. The molecular formula is C21H25NO4. The summed E-state index contributed by atoms with van der Waals surface area (Å²) in [6.45, 7) is 7.00. The Labute approximate surface area is 154 Å². The fourth-order valence-corrected chi connectivity index (χ4v) is 2.82. The summed E-state index contributed by atoms with van der Waals surface area (Å²) in [5, 5.41) is 3.03. The molecule has 0 saturated carbocycles. The number of nitrogens with one attached hydrogen (secondary N) is 1. The van der Waals surface area contributed by atoms with Crippen molar-refractivity contribution in [3.8, 4) is 17.2 Å². The van der Waals surface area contributed by atoms with Crippen LogP contribution in [0.2, 0.25) is 0 Å². The van der Waals surface area contributed by atoms with Crippen LogP contribution in [0.4, 0.5) is 0 Å². The van der Waals surface area contributed by atoms with Crippen molar-refractivity contribution in [2.45, 2.75) is 39.3 Å². The van der Waals surface area contributed by atoms with Gasteiger partial charge in [-0.25, -0.2) is 0 Å². The van der Waals surface area contributed by atoms with Gasteiger partial charge in [-0.3, -0.25) is 4.79 Å². The third-order valence-corrected chi connectivity index (χ3v) is 4.39. The molecule has 2 aromatic carbocycles. The Bertz CT molecular complexity index is 757. The van der Waals surface area contributed by atoms with Crippen molar-refractivity contribution >= 4 is 5.91 Å². The van der Waals surface area contributed by atoms with E-state index in [1.54, 1.807) is 0 Å². The second-order valence-corrected chi connectivity index (χ2v) is 6.46. The maximum absolute atomic E-state index is 12.6. The summed E-state index contributed by atoms with van der Waals surface area (Å²) in [7, 11) is 0. The maximum atomic E-state index is 12.6. The predicted molar refractivity (Wildman–Crippen MR) is 99.9 cm³/mol. The zero-order chi connectivity index (χ0) is 18.5. The molecule has 0 aliphatic carbocycles. The molecule has 1 aliphatic rings. The Morgan fingerprint density at radius 2 is 1.81 bits per heavy atom. The van der Waals surface area contributed by atoms with Gasteiger partial charge in [0.1, 0.15) is 19.0 Å². The smallest absolute Gasteiger partial charge is 0.261 e. The zero-order valence-electron chi connectivity index (χ0n) is 15.5. The van der Waals surface area contributed by atoms with Crippen LogP contribution in [0.25, 0.3) is 0 Å². The lowest BCUT2D eigenvalue weighted by Gasteiger charge is -2.23. The van der Waals surface area contributed by atoms with Crippen LogP contribution in [0.3, 0.4) is 0 Å². The fraction of sp³-hybridized carbons (Fsp3) is 0.381. The van der Waals surface area contributed by atoms with Crippen LogP contribution in [-0.2, 0) is 4.79 Å². The first-order chi connectivity index (χ1) is 12.6. The first-order valence-corrected chi connectivity index (χ1v) is 9.00. The van der Waals surface area contributed by atoms with Gasteiger partial charge < -0.3 is 19.5 Å². The topological polar surface area (TPSA) is 56.8 Å². The van der Waals surface area contributed by atoms with Gasteiger partial charge >= 0.3 is 0 Å². The second kappa shape index (κ2) is 8.13. The van der Waals surface area contributed by atoms with E-state index in [1.807, 2.05) is 63.2 Å². The van der Waals surface area contributed by atoms with Crippen molar-refractivity contribution in [1.29, 1.82) is 0 Å². The van der Waals surface area contributed by atoms with Crippen molar-refractivity contribution in [2.24, 2.45) is 0 Å². The number of benzene rings is 2. The quantitative estimate of drug-likeness (QED) is 0.856. The highest BCUT2D eigenvalue weighted by molar-refractivity contribution is 5.81. The van der Waals surface area contributed by atoms with E-state index in [2.05, 4.69) is 5.32 Å². The summed E-state index contributed by atoms with van der Waals surface area (Å²) < 4.78 is 17.0. The number of hydrogen-bond donors (Lipinski definition) is 1. The van der Waals surface area contributed by atoms with E-state index in [0.717, 1.165) is 22.6 Å². The van der Waals surface area contributed by atoms with E-state index in [-0.39, 0.29) is 11.9 Å². The third kappa shape index (κ3) is 4.28. The van der Waals surface area contributed by atoms with Crippen LogP contribution in [0.1, 0.15) is 37.4 Å². The van der Waals surface area contributed by atoms with Crippen LogP contribution in [0, 0.1) is 6.92 Å². The molecule has 0 fully saturated rings. The van der Waals surface area contributed by atoms with Gasteiger partial charge in [-0.15, -0.1) is 0 Å². The van der Waals surface area contributed by atoms with Crippen LogP contribution in [0.5, 0.6) is 17.2 Å². The number of aryl methyl sites for hydroxylation is 1. The molecule has 1 N–H and O–H groups in total. The lowest BCUT2D eigenvalue weighted by atomic mass is 10.1. The van der Waals surface area contributed by atoms with Gasteiger partial charge in [0.15, 0.2) is 17.6 Å². The Balaban J connectivity index is 1.64. The summed E-state index contributed by atoms with van der Waals surface area (Å²) in [6, 6.07) is 13.3.